The Morgan fingerprint density at radius 1 is 1.44 bits per heavy atom. The van der Waals surface area contributed by atoms with E-state index >= 15 is 0 Å². The molecule has 0 bridgehead atoms. The largest absolute Gasteiger partial charge is 0.394 e. The lowest BCUT2D eigenvalue weighted by Gasteiger charge is -2.08. The molecule has 0 saturated heterocycles. The molecule has 0 aliphatic rings. The molecule has 0 atom stereocenters. The fourth-order valence-corrected chi connectivity index (χ4v) is 1.89. The van der Waals surface area contributed by atoms with Crippen LogP contribution in [0.5, 0.6) is 0 Å². The van der Waals surface area contributed by atoms with Gasteiger partial charge in [-0.1, -0.05) is 0 Å². The molecule has 2 aromatic heterocycles. The number of hydrogen-bond acceptors (Lipinski definition) is 5. The molecule has 7 heteroatoms. The Hall–Kier alpha value is -1.82. The average molecular weight is 267 g/mol. The highest BCUT2D eigenvalue weighted by molar-refractivity contribution is 6.28. The van der Waals surface area contributed by atoms with Gasteiger partial charge in [-0.15, -0.1) is 0 Å². The molecule has 0 unspecified atom stereocenters. The summed E-state index contributed by atoms with van der Waals surface area (Å²) < 4.78 is 1.85. The van der Waals surface area contributed by atoms with E-state index in [0.29, 0.717) is 18.1 Å². The lowest BCUT2D eigenvalue weighted by molar-refractivity contribution is 0.730. The van der Waals surface area contributed by atoms with E-state index < -0.39 is 0 Å². The summed E-state index contributed by atoms with van der Waals surface area (Å²) in [6.45, 7) is 4.59. The van der Waals surface area contributed by atoms with Gasteiger partial charge >= 0.3 is 0 Å². The van der Waals surface area contributed by atoms with Gasteiger partial charge in [0.2, 0.25) is 5.28 Å². The number of aryl methyl sites for hydroxylation is 2. The number of aromatic nitrogens is 4. The fourth-order valence-electron chi connectivity index (χ4n) is 1.76. The summed E-state index contributed by atoms with van der Waals surface area (Å²) in [7, 11) is 1.92. The lowest BCUT2D eigenvalue weighted by atomic mass is 10.2. The van der Waals surface area contributed by atoms with Crippen molar-refractivity contribution in [3.63, 3.8) is 0 Å². The number of nitrogens with one attached hydrogen (secondary N) is 1. The molecule has 2 aromatic rings. The molecule has 6 nitrogen and oxygen atoms in total. The highest BCUT2D eigenvalue weighted by Crippen LogP contribution is 2.19. The maximum atomic E-state index is 5.77. The predicted molar refractivity (Wildman–Crippen MR) is 71.5 cm³/mol. The van der Waals surface area contributed by atoms with E-state index in [-0.39, 0.29) is 5.28 Å². The van der Waals surface area contributed by atoms with Gasteiger partial charge < -0.3 is 11.1 Å². The number of nitrogen functional groups attached to an aromatic ring is 1. The molecule has 0 saturated carbocycles. The highest BCUT2D eigenvalue weighted by atomic mass is 35.5. The van der Waals surface area contributed by atoms with Gasteiger partial charge in [0.05, 0.1) is 17.6 Å². The number of nitrogens with zero attached hydrogens (tertiary/aromatic N) is 4. The van der Waals surface area contributed by atoms with Gasteiger partial charge in [-0.25, -0.2) is 4.98 Å². The lowest BCUT2D eigenvalue weighted by Crippen LogP contribution is -2.07. The van der Waals surface area contributed by atoms with Gasteiger partial charge in [0.1, 0.15) is 0 Å². The van der Waals surface area contributed by atoms with Crippen molar-refractivity contribution < 1.29 is 0 Å². The predicted octanol–water partition coefficient (Wildman–Crippen LogP) is 1.67. The Bertz CT molecular complexity index is 577. The highest BCUT2D eigenvalue weighted by Gasteiger charge is 2.10. The Labute approximate surface area is 110 Å². The third-order valence-corrected chi connectivity index (χ3v) is 3.06. The second-order valence-corrected chi connectivity index (χ2v) is 4.41. The van der Waals surface area contributed by atoms with Crippen LogP contribution in [0, 0.1) is 13.8 Å². The van der Waals surface area contributed by atoms with Crippen molar-refractivity contribution in [1.29, 1.82) is 0 Å². The second-order valence-electron chi connectivity index (χ2n) is 4.07. The zero-order valence-electron chi connectivity index (χ0n) is 10.5. The maximum Gasteiger partial charge on any atom is 0.224 e. The zero-order valence-corrected chi connectivity index (χ0v) is 11.3. The molecule has 2 heterocycles. The summed E-state index contributed by atoms with van der Waals surface area (Å²) in [5.74, 6) is 0.539. The topological polar surface area (TPSA) is 81.7 Å². The van der Waals surface area contributed by atoms with Crippen molar-refractivity contribution in [3.05, 3.63) is 28.4 Å². The maximum absolute atomic E-state index is 5.77. The Balaban J connectivity index is 2.19. The van der Waals surface area contributed by atoms with E-state index in [1.807, 2.05) is 25.6 Å². The Kier molecular flexibility index (Phi) is 3.38. The SMILES string of the molecule is Cc1nn(C)c(C)c1CNc1nc(Cl)ncc1N. The van der Waals surface area contributed by atoms with E-state index in [1.54, 1.807) is 0 Å². The van der Waals surface area contributed by atoms with Crippen LogP contribution < -0.4 is 11.1 Å². The van der Waals surface area contributed by atoms with Crippen LogP contribution in [-0.4, -0.2) is 19.7 Å². The van der Waals surface area contributed by atoms with Gasteiger partial charge in [-0.05, 0) is 25.4 Å². The van der Waals surface area contributed by atoms with E-state index in [9.17, 15) is 0 Å². The van der Waals surface area contributed by atoms with Crippen LogP contribution in [0.4, 0.5) is 11.5 Å². The van der Waals surface area contributed by atoms with Gasteiger partial charge in [-0.3, -0.25) is 4.68 Å². The molecule has 0 aliphatic heterocycles. The van der Waals surface area contributed by atoms with Crippen LogP contribution in [0.15, 0.2) is 6.20 Å². The summed E-state index contributed by atoms with van der Waals surface area (Å²) in [4.78, 5) is 7.85. The second kappa shape index (κ2) is 4.81. The van der Waals surface area contributed by atoms with Crippen molar-refractivity contribution >= 4 is 23.1 Å². The number of anilines is 2. The van der Waals surface area contributed by atoms with Crippen LogP contribution in [-0.2, 0) is 13.6 Å². The first kappa shape index (κ1) is 12.6. The molecule has 0 fully saturated rings. The van der Waals surface area contributed by atoms with E-state index in [1.165, 1.54) is 6.20 Å². The van der Waals surface area contributed by atoms with Crippen LogP contribution in [0.1, 0.15) is 17.0 Å². The molecule has 96 valence electrons. The van der Waals surface area contributed by atoms with E-state index in [0.717, 1.165) is 17.0 Å². The first-order chi connectivity index (χ1) is 8.49. The molecule has 2 rings (SSSR count). The van der Waals surface area contributed by atoms with Crippen molar-refractivity contribution in [2.75, 3.05) is 11.1 Å². The summed E-state index contributed by atoms with van der Waals surface area (Å²) >= 11 is 5.73. The average Bonchev–Trinajstić information content (AvgIpc) is 2.55. The quantitative estimate of drug-likeness (QED) is 0.826. The molecule has 0 aliphatic carbocycles. The standard InChI is InChI=1S/C11H15ClN6/c1-6-8(7(2)18(3)17-6)4-14-10-9(13)5-15-11(12)16-10/h5H,4,13H2,1-3H3,(H,14,15,16). The summed E-state index contributed by atoms with van der Waals surface area (Å²) in [6, 6.07) is 0. The fraction of sp³-hybridized carbons (Fsp3) is 0.364. The van der Waals surface area contributed by atoms with E-state index in [2.05, 4.69) is 20.4 Å². The van der Waals surface area contributed by atoms with Gasteiger partial charge in [0.25, 0.3) is 0 Å². The Morgan fingerprint density at radius 2 is 2.17 bits per heavy atom. The van der Waals surface area contributed by atoms with E-state index in [4.69, 9.17) is 17.3 Å². The number of rotatable bonds is 3. The molecular weight excluding hydrogens is 252 g/mol. The number of halogens is 1. The summed E-state index contributed by atoms with van der Waals surface area (Å²) in [6.07, 6.45) is 1.49. The van der Waals surface area contributed by atoms with Crippen molar-refractivity contribution in [2.45, 2.75) is 20.4 Å². The minimum atomic E-state index is 0.173. The molecule has 0 amide bonds. The molecule has 0 radical (unpaired) electrons. The first-order valence-corrected chi connectivity index (χ1v) is 5.87. The normalized spacial score (nSPS) is 10.7. The third-order valence-electron chi connectivity index (χ3n) is 2.88. The number of nitrogens with two attached hydrogens (primary N) is 1. The molecule has 3 N–H and O–H groups in total. The minimum Gasteiger partial charge on any atom is -0.394 e. The van der Waals surface area contributed by atoms with Crippen LogP contribution in [0.2, 0.25) is 5.28 Å². The minimum absolute atomic E-state index is 0.173. The van der Waals surface area contributed by atoms with Gasteiger partial charge in [-0.2, -0.15) is 10.1 Å². The molecule has 18 heavy (non-hydrogen) atoms. The van der Waals surface area contributed by atoms with Crippen molar-refractivity contribution in [3.8, 4) is 0 Å². The molecule has 0 spiro atoms. The monoisotopic (exact) mass is 266 g/mol. The summed E-state index contributed by atoms with van der Waals surface area (Å²) in [5.41, 5.74) is 9.47. The molecular formula is C11H15ClN6. The third kappa shape index (κ3) is 2.38. The van der Waals surface area contributed by atoms with Crippen LogP contribution >= 0.6 is 11.6 Å². The van der Waals surface area contributed by atoms with Crippen molar-refractivity contribution in [2.24, 2.45) is 7.05 Å². The Morgan fingerprint density at radius 3 is 2.78 bits per heavy atom. The first-order valence-electron chi connectivity index (χ1n) is 5.50. The summed E-state index contributed by atoms with van der Waals surface area (Å²) in [5, 5.41) is 7.67. The van der Waals surface area contributed by atoms with Gasteiger partial charge in [0, 0.05) is 24.8 Å². The molecule has 0 aromatic carbocycles. The number of hydrogen-bond donors (Lipinski definition) is 2. The van der Waals surface area contributed by atoms with Crippen LogP contribution in [0.25, 0.3) is 0 Å². The van der Waals surface area contributed by atoms with Crippen LogP contribution in [0.3, 0.4) is 0 Å². The van der Waals surface area contributed by atoms with Gasteiger partial charge in [0.15, 0.2) is 5.82 Å². The van der Waals surface area contributed by atoms with Crippen molar-refractivity contribution in [1.82, 2.24) is 19.7 Å². The zero-order chi connectivity index (χ0) is 13.3. The smallest absolute Gasteiger partial charge is 0.224 e.